The maximum absolute atomic E-state index is 11.8. The van der Waals surface area contributed by atoms with Gasteiger partial charge in [0.05, 0.1) is 6.61 Å². The molecule has 2 aromatic rings. The third-order valence-electron chi connectivity index (χ3n) is 3.13. The summed E-state index contributed by atoms with van der Waals surface area (Å²) in [5.41, 5.74) is 1.08. The molecule has 5 heteroatoms. The fourth-order valence-electron chi connectivity index (χ4n) is 2.08. The Hall–Kier alpha value is -2.20. The molecular weight excluding hydrogens is 314 g/mol. The van der Waals surface area contributed by atoms with E-state index in [0.29, 0.717) is 29.7 Å². The van der Waals surface area contributed by atoms with Crippen LogP contribution in [-0.4, -0.2) is 25.7 Å². The largest absolute Gasteiger partial charge is 0.490 e. The van der Waals surface area contributed by atoms with E-state index >= 15 is 0 Å². The molecule has 0 saturated carbocycles. The van der Waals surface area contributed by atoms with Gasteiger partial charge in [0.25, 0.3) is 5.91 Å². The van der Waals surface area contributed by atoms with Gasteiger partial charge in [-0.1, -0.05) is 35.9 Å². The Morgan fingerprint density at radius 1 is 1.09 bits per heavy atom. The second kappa shape index (κ2) is 9.06. The van der Waals surface area contributed by atoms with Crippen molar-refractivity contribution in [1.82, 2.24) is 5.32 Å². The van der Waals surface area contributed by atoms with Gasteiger partial charge in [0.15, 0.2) is 18.1 Å². The Kier molecular flexibility index (Phi) is 6.76. The lowest BCUT2D eigenvalue weighted by atomic mass is 10.1. The summed E-state index contributed by atoms with van der Waals surface area (Å²) in [5, 5.41) is 3.52. The lowest BCUT2D eigenvalue weighted by molar-refractivity contribution is -0.123. The van der Waals surface area contributed by atoms with Gasteiger partial charge in [-0.15, -0.1) is 0 Å². The van der Waals surface area contributed by atoms with Crippen molar-refractivity contribution in [1.29, 1.82) is 0 Å². The summed E-state index contributed by atoms with van der Waals surface area (Å²) in [7, 11) is 0. The van der Waals surface area contributed by atoms with Crippen molar-refractivity contribution in [2.45, 2.75) is 13.3 Å². The zero-order chi connectivity index (χ0) is 16.5. The molecule has 0 aromatic heterocycles. The van der Waals surface area contributed by atoms with Crippen molar-refractivity contribution in [3.8, 4) is 11.5 Å². The van der Waals surface area contributed by atoms with Gasteiger partial charge in [0.2, 0.25) is 0 Å². The quantitative estimate of drug-likeness (QED) is 0.804. The zero-order valence-electron chi connectivity index (χ0n) is 13.0. The predicted octanol–water partition coefficient (Wildman–Crippen LogP) is 3.48. The summed E-state index contributed by atoms with van der Waals surface area (Å²) in [6, 6.07) is 14.9. The van der Waals surface area contributed by atoms with Crippen molar-refractivity contribution in [2.75, 3.05) is 19.8 Å². The highest BCUT2D eigenvalue weighted by Crippen LogP contribution is 2.26. The molecule has 0 saturated heterocycles. The van der Waals surface area contributed by atoms with E-state index in [1.54, 1.807) is 6.07 Å². The van der Waals surface area contributed by atoms with Gasteiger partial charge in [0, 0.05) is 11.6 Å². The normalized spacial score (nSPS) is 10.2. The summed E-state index contributed by atoms with van der Waals surface area (Å²) in [6.07, 6.45) is 0.724. The standard InChI is InChI=1S/C18H20ClNO3/c1-2-22-16-8-3-4-9-17(16)23-13-18(21)20-11-10-14-6-5-7-15(19)12-14/h3-9,12H,2,10-11,13H2,1H3,(H,20,21). The molecule has 0 aliphatic heterocycles. The Morgan fingerprint density at radius 2 is 1.83 bits per heavy atom. The first kappa shape index (κ1) is 17.2. The molecule has 0 unspecified atom stereocenters. The average molecular weight is 334 g/mol. The van der Waals surface area contributed by atoms with Crippen molar-refractivity contribution < 1.29 is 14.3 Å². The van der Waals surface area contributed by atoms with Crippen molar-refractivity contribution >= 4 is 17.5 Å². The molecule has 0 aliphatic rings. The minimum Gasteiger partial charge on any atom is -0.490 e. The van der Waals surface area contributed by atoms with Gasteiger partial charge in [-0.05, 0) is 43.2 Å². The maximum Gasteiger partial charge on any atom is 0.257 e. The number of halogens is 1. The molecule has 0 heterocycles. The summed E-state index contributed by atoms with van der Waals surface area (Å²) in [4.78, 5) is 11.8. The molecule has 4 nitrogen and oxygen atoms in total. The van der Waals surface area contributed by atoms with Crippen LogP contribution in [0.3, 0.4) is 0 Å². The molecule has 0 aliphatic carbocycles. The number of hydrogen-bond acceptors (Lipinski definition) is 3. The lowest BCUT2D eigenvalue weighted by Gasteiger charge is -2.11. The predicted molar refractivity (Wildman–Crippen MR) is 91.3 cm³/mol. The number of para-hydroxylation sites is 2. The maximum atomic E-state index is 11.8. The molecule has 2 aromatic carbocycles. The van der Waals surface area contributed by atoms with Crippen LogP contribution in [0, 0.1) is 0 Å². The number of ether oxygens (including phenoxy) is 2. The van der Waals surface area contributed by atoms with Crippen molar-refractivity contribution in [3.05, 3.63) is 59.1 Å². The van der Waals surface area contributed by atoms with E-state index in [9.17, 15) is 4.79 Å². The molecule has 2 rings (SSSR count). The highest BCUT2D eigenvalue weighted by Gasteiger charge is 2.07. The average Bonchev–Trinajstić information content (AvgIpc) is 2.54. The van der Waals surface area contributed by atoms with Crippen LogP contribution in [0.2, 0.25) is 5.02 Å². The second-order valence-electron chi connectivity index (χ2n) is 4.90. The van der Waals surface area contributed by atoms with Gasteiger partial charge >= 0.3 is 0 Å². The van der Waals surface area contributed by atoms with Crippen LogP contribution in [0.4, 0.5) is 0 Å². The molecule has 0 bridgehead atoms. The van der Waals surface area contributed by atoms with Crippen LogP contribution < -0.4 is 14.8 Å². The fraction of sp³-hybridized carbons (Fsp3) is 0.278. The van der Waals surface area contributed by atoms with Gasteiger partial charge in [-0.3, -0.25) is 4.79 Å². The van der Waals surface area contributed by atoms with E-state index in [1.165, 1.54) is 0 Å². The summed E-state index contributed by atoms with van der Waals surface area (Å²) in [6.45, 7) is 2.95. The van der Waals surface area contributed by atoms with Crippen LogP contribution in [0.5, 0.6) is 11.5 Å². The van der Waals surface area contributed by atoms with Gasteiger partial charge in [-0.25, -0.2) is 0 Å². The number of rotatable bonds is 8. The molecule has 1 amide bonds. The van der Waals surface area contributed by atoms with E-state index in [1.807, 2.05) is 49.4 Å². The highest BCUT2D eigenvalue weighted by atomic mass is 35.5. The lowest BCUT2D eigenvalue weighted by Crippen LogP contribution is -2.30. The fourth-order valence-corrected chi connectivity index (χ4v) is 2.29. The summed E-state index contributed by atoms with van der Waals surface area (Å²) in [5.74, 6) is 1.04. The minimum atomic E-state index is -0.168. The number of carbonyl (C=O) groups excluding carboxylic acids is 1. The SMILES string of the molecule is CCOc1ccccc1OCC(=O)NCCc1cccc(Cl)c1. The molecule has 122 valence electrons. The third kappa shape index (κ3) is 5.83. The third-order valence-corrected chi connectivity index (χ3v) is 3.37. The number of benzene rings is 2. The van der Waals surface area contributed by atoms with E-state index < -0.39 is 0 Å². The number of nitrogens with one attached hydrogen (secondary N) is 1. The molecule has 0 radical (unpaired) electrons. The molecule has 23 heavy (non-hydrogen) atoms. The van der Waals surface area contributed by atoms with Gasteiger partial charge in [0.1, 0.15) is 0 Å². The zero-order valence-corrected chi connectivity index (χ0v) is 13.8. The smallest absolute Gasteiger partial charge is 0.257 e. The first-order valence-electron chi connectivity index (χ1n) is 7.55. The number of amides is 1. The Bertz CT molecular complexity index is 646. The highest BCUT2D eigenvalue weighted by molar-refractivity contribution is 6.30. The van der Waals surface area contributed by atoms with Crippen LogP contribution >= 0.6 is 11.6 Å². The number of carbonyl (C=O) groups is 1. The second-order valence-corrected chi connectivity index (χ2v) is 5.33. The van der Waals surface area contributed by atoms with E-state index in [0.717, 1.165) is 12.0 Å². The van der Waals surface area contributed by atoms with Crippen molar-refractivity contribution in [2.24, 2.45) is 0 Å². The van der Waals surface area contributed by atoms with E-state index in [2.05, 4.69) is 5.32 Å². The Labute approximate surface area is 141 Å². The minimum absolute atomic E-state index is 0.0420. The molecule has 0 spiro atoms. The van der Waals surface area contributed by atoms with Crippen LogP contribution in [0.25, 0.3) is 0 Å². The van der Waals surface area contributed by atoms with E-state index in [-0.39, 0.29) is 12.5 Å². The van der Waals surface area contributed by atoms with Crippen LogP contribution in [0.15, 0.2) is 48.5 Å². The molecular formula is C18H20ClNO3. The topological polar surface area (TPSA) is 47.6 Å². The van der Waals surface area contributed by atoms with Crippen molar-refractivity contribution in [3.63, 3.8) is 0 Å². The first-order valence-corrected chi connectivity index (χ1v) is 7.92. The van der Waals surface area contributed by atoms with Crippen LogP contribution in [-0.2, 0) is 11.2 Å². The summed E-state index contributed by atoms with van der Waals surface area (Å²) >= 11 is 5.93. The van der Waals surface area contributed by atoms with E-state index in [4.69, 9.17) is 21.1 Å². The Balaban J connectivity index is 1.75. The van der Waals surface area contributed by atoms with Gasteiger partial charge in [-0.2, -0.15) is 0 Å². The first-order chi connectivity index (χ1) is 11.2. The molecule has 0 atom stereocenters. The summed E-state index contributed by atoms with van der Waals surface area (Å²) < 4.78 is 11.0. The molecule has 1 N–H and O–H groups in total. The van der Waals surface area contributed by atoms with Gasteiger partial charge < -0.3 is 14.8 Å². The molecule has 0 fully saturated rings. The Morgan fingerprint density at radius 3 is 2.52 bits per heavy atom. The number of hydrogen-bond donors (Lipinski definition) is 1. The van der Waals surface area contributed by atoms with Crippen LogP contribution in [0.1, 0.15) is 12.5 Å². The monoisotopic (exact) mass is 333 g/mol.